The fourth-order valence-electron chi connectivity index (χ4n) is 3.78. The van der Waals surface area contributed by atoms with Crippen LogP contribution in [0, 0.1) is 0 Å². The van der Waals surface area contributed by atoms with Crippen LogP contribution in [0.15, 0.2) is 24.3 Å². The van der Waals surface area contributed by atoms with Gasteiger partial charge in [-0.15, -0.1) is 0 Å². The molecule has 2 aliphatic rings. The standard InChI is InChI=1S/C15H22N2/c1-12-5-4-8-17(12)15(11-16)9-13-6-2-3-7-14(13)10-15/h2-3,6-7,12H,4-5,8-11,16H2,1H3. The number of rotatable bonds is 2. The third kappa shape index (κ3) is 1.71. The Morgan fingerprint density at radius 3 is 2.41 bits per heavy atom. The van der Waals surface area contributed by atoms with E-state index in [0.717, 1.165) is 19.4 Å². The molecule has 2 N–H and O–H groups in total. The van der Waals surface area contributed by atoms with Crippen molar-refractivity contribution in [3.8, 4) is 0 Å². The molecule has 3 rings (SSSR count). The number of hydrogen-bond donors (Lipinski definition) is 1. The molecule has 0 bridgehead atoms. The smallest absolute Gasteiger partial charge is 0.0415 e. The van der Waals surface area contributed by atoms with E-state index >= 15 is 0 Å². The molecule has 0 spiro atoms. The van der Waals surface area contributed by atoms with Gasteiger partial charge in [-0.25, -0.2) is 0 Å². The average Bonchev–Trinajstić information content (AvgIpc) is 2.92. The van der Waals surface area contributed by atoms with E-state index < -0.39 is 0 Å². The minimum Gasteiger partial charge on any atom is -0.329 e. The van der Waals surface area contributed by atoms with E-state index in [2.05, 4.69) is 36.1 Å². The second-order valence-electron chi connectivity index (χ2n) is 5.74. The van der Waals surface area contributed by atoms with Gasteiger partial charge >= 0.3 is 0 Å². The summed E-state index contributed by atoms with van der Waals surface area (Å²) in [4.78, 5) is 2.67. The molecule has 2 nitrogen and oxygen atoms in total. The second kappa shape index (κ2) is 4.11. The molecule has 1 aromatic rings. The number of fused-ring (bicyclic) bond motifs is 1. The molecule has 1 unspecified atom stereocenters. The number of nitrogens with zero attached hydrogens (tertiary/aromatic N) is 1. The zero-order valence-electron chi connectivity index (χ0n) is 10.7. The second-order valence-corrected chi connectivity index (χ2v) is 5.74. The van der Waals surface area contributed by atoms with Crippen molar-refractivity contribution >= 4 is 0 Å². The van der Waals surface area contributed by atoms with Crippen LogP contribution in [0.25, 0.3) is 0 Å². The maximum atomic E-state index is 6.15. The van der Waals surface area contributed by atoms with Crippen LogP contribution in [0.1, 0.15) is 30.9 Å². The number of hydrogen-bond acceptors (Lipinski definition) is 2. The normalized spacial score (nSPS) is 27.3. The number of likely N-dealkylation sites (tertiary alicyclic amines) is 1. The summed E-state index contributed by atoms with van der Waals surface area (Å²) in [6.07, 6.45) is 4.95. The van der Waals surface area contributed by atoms with Gasteiger partial charge in [0.1, 0.15) is 0 Å². The van der Waals surface area contributed by atoms with Gasteiger partial charge in [0, 0.05) is 18.1 Å². The first-order valence-corrected chi connectivity index (χ1v) is 6.79. The van der Waals surface area contributed by atoms with Crippen molar-refractivity contribution in [2.75, 3.05) is 13.1 Å². The molecule has 0 aromatic heterocycles. The summed E-state index contributed by atoms with van der Waals surface area (Å²) in [5.41, 5.74) is 9.38. The molecule has 92 valence electrons. The predicted molar refractivity (Wildman–Crippen MR) is 71.0 cm³/mol. The van der Waals surface area contributed by atoms with Crippen LogP contribution in [-0.2, 0) is 12.8 Å². The summed E-state index contributed by atoms with van der Waals surface area (Å²) in [5, 5.41) is 0. The third-order valence-corrected chi connectivity index (χ3v) is 4.70. The Balaban J connectivity index is 1.91. The quantitative estimate of drug-likeness (QED) is 0.841. The lowest BCUT2D eigenvalue weighted by atomic mass is 9.92. The summed E-state index contributed by atoms with van der Waals surface area (Å²) >= 11 is 0. The lowest BCUT2D eigenvalue weighted by molar-refractivity contribution is 0.0958. The van der Waals surface area contributed by atoms with Gasteiger partial charge in [0.25, 0.3) is 0 Å². The van der Waals surface area contributed by atoms with Crippen LogP contribution >= 0.6 is 0 Å². The van der Waals surface area contributed by atoms with E-state index in [1.807, 2.05) is 0 Å². The highest BCUT2D eigenvalue weighted by Crippen LogP contribution is 2.37. The Morgan fingerprint density at radius 2 is 1.94 bits per heavy atom. The van der Waals surface area contributed by atoms with E-state index in [4.69, 9.17) is 5.73 Å². The fourth-order valence-corrected chi connectivity index (χ4v) is 3.78. The molecular formula is C15H22N2. The Hall–Kier alpha value is -0.860. The summed E-state index contributed by atoms with van der Waals surface area (Å²) in [6, 6.07) is 9.55. The zero-order chi connectivity index (χ0) is 11.9. The highest BCUT2D eigenvalue weighted by Gasteiger charge is 2.44. The lowest BCUT2D eigenvalue weighted by Gasteiger charge is -2.41. The molecule has 0 amide bonds. The Bertz CT molecular complexity index is 388. The van der Waals surface area contributed by atoms with E-state index in [1.165, 1.54) is 30.5 Å². The van der Waals surface area contributed by atoms with Crippen LogP contribution in [-0.4, -0.2) is 29.6 Å². The third-order valence-electron chi connectivity index (χ3n) is 4.70. The molecule has 2 heteroatoms. The van der Waals surface area contributed by atoms with Crippen LogP contribution in [0.4, 0.5) is 0 Å². The molecule has 0 saturated carbocycles. The molecule has 1 saturated heterocycles. The van der Waals surface area contributed by atoms with Gasteiger partial charge in [-0.3, -0.25) is 4.90 Å². The maximum Gasteiger partial charge on any atom is 0.0415 e. The van der Waals surface area contributed by atoms with Gasteiger partial charge in [-0.05, 0) is 50.3 Å². The maximum absolute atomic E-state index is 6.15. The van der Waals surface area contributed by atoms with E-state index in [-0.39, 0.29) is 5.54 Å². The first-order valence-electron chi connectivity index (χ1n) is 6.79. The SMILES string of the molecule is CC1CCCN1C1(CN)Cc2ccccc2C1. The molecule has 1 aliphatic carbocycles. The molecular weight excluding hydrogens is 208 g/mol. The van der Waals surface area contributed by atoms with Crippen molar-refractivity contribution in [2.45, 2.75) is 44.2 Å². The monoisotopic (exact) mass is 230 g/mol. The molecule has 1 atom stereocenters. The van der Waals surface area contributed by atoms with Gasteiger partial charge in [0.15, 0.2) is 0 Å². The van der Waals surface area contributed by atoms with E-state index in [9.17, 15) is 0 Å². The average molecular weight is 230 g/mol. The predicted octanol–water partition coefficient (Wildman–Crippen LogP) is 1.97. The minimum absolute atomic E-state index is 0.208. The first kappa shape index (κ1) is 11.2. The number of nitrogens with two attached hydrogens (primary N) is 1. The zero-order valence-corrected chi connectivity index (χ0v) is 10.7. The summed E-state index contributed by atoms with van der Waals surface area (Å²) in [5.74, 6) is 0. The topological polar surface area (TPSA) is 29.3 Å². The van der Waals surface area contributed by atoms with Gasteiger partial charge in [0.05, 0.1) is 0 Å². The van der Waals surface area contributed by atoms with Gasteiger partial charge in [-0.2, -0.15) is 0 Å². The number of benzene rings is 1. The largest absolute Gasteiger partial charge is 0.329 e. The highest BCUT2D eigenvalue weighted by molar-refractivity contribution is 5.37. The molecule has 1 aromatic carbocycles. The van der Waals surface area contributed by atoms with Crippen molar-refractivity contribution < 1.29 is 0 Å². The first-order chi connectivity index (χ1) is 8.25. The van der Waals surface area contributed by atoms with Gasteiger partial charge in [0.2, 0.25) is 0 Å². The van der Waals surface area contributed by atoms with Crippen LogP contribution in [0.2, 0.25) is 0 Å². The lowest BCUT2D eigenvalue weighted by Crippen LogP contribution is -2.56. The summed E-state index contributed by atoms with van der Waals surface area (Å²) < 4.78 is 0. The van der Waals surface area contributed by atoms with Crippen molar-refractivity contribution in [3.63, 3.8) is 0 Å². The Morgan fingerprint density at radius 1 is 1.29 bits per heavy atom. The molecule has 17 heavy (non-hydrogen) atoms. The summed E-state index contributed by atoms with van der Waals surface area (Å²) in [7, 11) is 0. The van der Waals surface area contributed by atoms with Crippen molar-refractivity contribution in [3.05, 3.63) is 35.4 Å². The van der Waals surface area contributed by atoms with Crippen molar-refractivity contribution in [2.24, 2.45) is 5.73 Å². The van der Waals surface area contributed by atoms with Crippen LogP contribution in [0.3, 0.4) is 0 Å². The van der Waals surface area contributed by atoms with Crippen molar-refractivity contribution in [1.29, 1.82) is 0 Å². The van der Waals surface area contributed by atoms with Crippen LogP contribution in [0.5, 0.6) is 0 Å². The molecule has 1 fully saturated rings. The fraction of sp³-hybridized carbons (Fsp3) is 0.600. The van der Waals surface area contributed by atoms with Gasteiger partial charge < -0.3 is 5.73 Å². The Kier molecular flexibility index (Phi) is 2.72. The van der Waals surface area contributed by atoms with Crippen molar-refractivity contribution in [1.82, 2.24) is 4.90 Å². The molecule has 0 radical (unpaired) electrons. The van der Waals surface area contributed by atoms with Gasteiger partial charge in [-0.1, -0.05) is 24.3 Å². The highest BCUT2D eigenvalue weighted by atomic mass is 15.2. The summed E-state index contributed by atoms with van der Waals surface area (Å²) in [6.45, 7) is 4.37. The van der Waals surface area contributed by atoms with E-state index in [0.29, 0.717) is 6.04 Å². The minimum atomic E-state index is 0.208. The van der Waals surface area contributed by atoms with E-state index in [1.54, 1.807) is 0 Å². The molecule has 1 heterocycles. The molecule has 1 aliphatic heterocycles. The van der Waals surface area contributed by atoms with Crippen LogP contribution < -0.4 is 5.73 Å². The Labute approximate surface area is 104 Å².